The molecular weight excluding hydrogens is 524 g/mol. The van der Waals surface area contributed by atoms with E-state index in [1.807, 2.05) is 0 Å². The van der Waals surface area contributed by atoms with Gasteiger partial charge in [-0.15, -0.1) is 0 Å². The van der Waals surface area contributed by atoms with Crippen LogP contribution in [0.4, 0.5) is 11.4 Å². The van der Waals surface area contributed by atoms with Crippen molar-refractivity contribution in [2.75, 3.05) is 56.8 Å². The molecule has 1 saturated heterocycles. The molecule has 8 nitrogen and oxygen atoms in total. The number of morpholine rings is 1. The summed E-state index contributed by atoms with van der Waals surface area (Å²) in [6.45, 7) is 7.23. The van der Waals surface area contributed by atoms with Gasteiger partial charge >= 0.3 is 0 Å². The maximum absolute atomic E-state index is 11.9. The highest BCUT2D eigenvalue weighted by Crippen LogP contribution is 2.31. The first kappa shape index (κ1) is 28.3. The van der Waals surface area contributed by atoms with Crippen LogP contribution in [-0.4, -0.2) is 76.2 Å². The summed E-state index contributed by atoms with van der Waals surface area (Å²) in [6, 6.07) is 14.7. The first-order valence-corrected chi connectivity index (χ1v) is 16.1. The van der Waals surface area contributed by atoms with Gasteiger partial charge in [0.25, 0.3) is 0 Å². The van der Waals surface area contributed by atoms with Crippen LogP contribution >= 0.6 is 0 Å². The largest absolute Gasteiger partial charge is 0.495 e. The molecule has 0 amide bonds. The summed E-state index contributed by atoms with van der Waals surface area (Å²) < 4.78 is 36.9. The van der Waals surface area contributed by atoms with Gasteiger partial charge in [0.2, 0.25) is 0 Å². The number of sulfone groups is 1. The van der Waals surface area contributed by atoms with E-state index in [0.29, 0.717) is 30.1 Å². The van der Waals surface area contributed by atoms with E-state index in [1.165, 1.54) is 61.7 Å². The van der Waals surface area contributed by atoms with E-state index in [-0.39, 0.29) is 4.90 Å². The topological polar surface area (TPSA) is 84.8 Å². The van der Waals surface area contributed by atoms with E-state index in [2.05, 4.69) is 63.1 Å². The molecule has 2 fully saturated rings. The van der Waals surface area contributed by atoms with E-state index in [1.54, 1.807) is 12.1 Å². The molecule has 2 N–H and O–H groups in total. The Balaban J connectivity index is 1.26. The minimum absolute atomic E-state index is 0.225. The van der Waals surface area contributed by atoms with E-state index in [0.717, 1.165) is 38.5 Å². The Morgan fingerprint density at radius 1 is 1.05 bits per heavy atom. The van der Waals surface area contributed by atoms with Crippen LogP contribution in [0.3, 0.4) is 0 Å². The summed E-state index contributed by atoms with van der Waals surface area (Å²) in [5, 5.41) is 8.31. The highest BCUT2D eigenvalue weighted by molar-refractivity contribution is 7.90. The third kappa shape index (κ3) is 6.41. The summed E-state index contributed by atoms with van der Waals surface area (Å²) in [7, 11) is -1.78. The van der Waals surface area contributed by atoms with Gasteiger partial charge in [0.05, 0.1) is 48.7 Å². The molecule has 3 aromatic rings. The average Bonchev–Trinajstić information content (AvgIpc) is 3.34. The number of methoxy groups -OCH3 is 1. The zero-order valence-corrected chi connectivity index (χ0v) is 24.5. The number of nitrogens with zero attached hydrogens (tertiary/aromatic N) is 2. The molecule has 0 spiro atoms. The van der Waals surface area contributed by atoms with E-state index < -0.39 is 9.84 Å². The highest BCUT2D eigenvalue weighted by Gasteiger charge is 2.27. The molecule has 1 saturated carbocycles. The van der Waals surface area contributed by atoms with Gasteiger partial charge in [0.1, 0.15) is 5.75 Å². The lowest BCUT2D eigenvalue weighted by atomic mass is 9.89. The van der Waals surface area contributed by atoms with Crippen LogP contribution in [0.25, 0.3) is 10.9 Å². The molecule has 2 aromatic carbocycles. The number of aryl methyl sites for hydroxylation is 1. The summed E-state index contributed by atoms with van der Waals surface area (Å²) in [5.74, 6) is 7.04. The molecule has 5 rings (SSSR count). The van der Waals surface area contributed by atoms with Crippen molar-refractivity contribution in [3.8, 4) is 17.6 Å². The first-order valence-electron chi connectivity index (χ1n) is 14.2. The highest BCUT2D eigenvalue weighted by atomic mass is 32.2. The first-order chi connectivity index (χ1) is 19.4. The van der Waals surface area contributed by atoms with Crippen molar-refractivity contribution in [1.29, 1.82) is 0 Å². The second kappa shape index (κ2) is 12.5. The molecule has 1 aliphatic carbocycles. The van der Waals surface area contributed by atoms with E-state index in [9.17, 15) is 8.42 Å². The molecule has 2 heterocycles. The summed E-state index contributed by atoms with van der Waals surface area (Å²) >= 11 is 0. The molecule has 2 aliphatic rings. The zero-order valence-electron chi connectivity index (χ0n) is 23.7. The van der Waals surface area contributed by atoms with Crippen molar-refractivity contribution in [3.05, 3.63) is 48.2 Å². The molecule has 0 unspecified atom stereocenters. The van der Waals surface area contributed by atoms with Crippen LogP contribution in [0.2, 0.25) is 0 Å². The molecule has 0 atom stereocenters. The normalized spacial score (nSPS) is 20.1. The van der Waals surface area contributed by atoms with Gasteiger partial charge in [-0.3, -0.25) is 4.90 Å². The van der Waals surface area contributed by atoms with Gasteiger partial charge in [-0.1, -0.05) is 12.0 Å². The van der Waals surface area contributed by atoms with Gasteiger partial charge in [-0.05, 0) is 68.9 Å². The number of nitrogens with one attached hydrogen (secondary N) is 2. The molecule has 40 heavy (non-hydrogen) atoms. The number of hydrogen-bond acceptors (Lipinski definition) is 7. The van der Waals surface area contributed by atoms with Crippen molar-refractivity contribution >= 4 is 32.1 Å². The van der Waals surface area contributed by atoms with Crippen LogP contribution in [0, 0.1) is 11.8 Å². The maximum atomic E-state index is 11.9. The fourth-order valence-electron chi connectivity index (χ4n) is 5.92. The van der Waals surface area contributed by atoms with Gasteiger partial charge < -0.3 is 24.7 Å². The third-order valence-electron chi connectivity index (χ3n) is 8.07. The van der Waals surface area contributed by atoms with Crippen LogP contribution in [-0.2, 0) is 21.1 Å². The lowest BCUT2D eigenvalue weighted by Crippen LogP contribution is -2.46. The SMILES string of the molecule is CCn1c(C#CCNc2ccc(S(C)(=O)=O)cc2OC)cc2c(NC3CCC(N4CCOCC4)CC3)cccc21. The smallest absolute Gasteiger partial charge is 0.175 e. The standard InChI is InChI=1S/C31H40N4O4S/c1-4-35-25(7-6-16-32-29-15-14-26(40(3,36)37)22-31(29)38-2)21-27-28(8-5-9-30(27)35)33-23-10-12-24(13-11-23)34-17-19-39-20-18-34/h5,8-9,14-15,21-24,32-33H,4,10-13,16-20H2,1-3H3. The Hall–Kier alpha value is -3.19. The van der Waals surface area contributed by atoms with Gasteiger partial charge in [-0.2, -0.15) is 0 Å². The number of ether oxygens (including phenoxy) is 2. The lowest BCUT2D eigenvalue weighted by molar-refractivity contribution is 0.00791. The van der Waals surface area contributed by atoms with E-state index >= 15 is 0 Å². The quantitative estimate of drug-likeness (QED) is 0.387. The Kier molecular flexibility index (Phi) is 8.89. The van der Waals surface area contributed by atoms with Crippen molar-refractivity contribution in [1.82, 2.24) is 9.47 Å². The van der Waals surface area contributed by atoms with Crippen LogP contribution in [0.15, 0.2) is 47.4 Å². The lowest BCUT2D eigenvalue weighted by Gasteiger charge is -2.39. The minimum atomic E-state index is -3.30. The number of rotatable bonds is 8. The van der Waals surface area contributed by atoms with E-state index in [4.69, 9.17) is 9.47 Å². The van der Waals surface area contributed by atoms with Crippen molar-refractivity contribution < 1.29 is 17.9 Å². The molecule has 9 heteroatoms. The molecule has 0 radical (unpaired) electrons. The average molecular weight is 565 g/mol. The molecule has 1 aliphatic heterocycles. The summed E-state index contributed by atoms with van der Waals surface area (Å²) in [6.07, 6.45) is 6.01. The van der Waals surface area contributed by atoms with Crippen LogP contribution < -0.4 is 15.4 Å². The third-order valence-corrected chi connectivity index (χ3v) is 9.18. The Labute approximate surface area is 237 Å². The van der Waals surface area contributed by atoms with Crippen molar-refractivity contribution in [2.24, 2.45) is 0 Å². The molecule has 1 aromatic heterocycles. The van der Waals surface area contributed by atoms with Crippen LogP contribution in [0.5, 0.6) is 5.75 Å². The predicted molar refractivity (Wildman–Crippen MR) is 161 cm³/mol. The maximum Gasteiger partial charge on any atom is 0.175 e. The molecular formula is C31H40N4O4S. The molecule has 0 bridgehead atoms. The number of anilines is 2. The van der Waals surface area contributed by atoms with Gasteiger partial charge in [0.15, 0.2) is 9.84 Å². The Morgan fingerprint density at radius 3 is 2.52 bits per heavy atom. The second-order valence-electron chi connectivity index (χ2n) is 10.6. The number of benzene rings is 2. The summed E-state index contributed by atoms with van der Waals surface area (Å²) in [5.41, 5.74) is 4.04. The fourth-order valence-corrected chi connectivity index (χ4v) is 6.56. The minimum Gasteiger partial charge on any atom is -0.495 e. The van der Waals surface area contributed by atoms with Crippen molar-refractivity contribution in [2.45, 2.75) is 56.1 Å². The fraction of sp³-hybridized carbons (Fsp3) is 0.484. The van der Waals surface area contributed by atoms with Gasteiger partial charge in [0, 0.05) is 55.1 Å². The number of fused-ring (bicyclic) bond motifs is 1. The Bertz CT molecular complexity index is 1490. The molecule has 214 valence electrons. The van der Waals surface area contributed by atoms with Crippen LogP contribution in [0.1, 0.15) is 38.3 Å². The number of hydrogen-bond donors (Lipinski definition) is 2. The second-order valence-corrected chi connectivity index (χ2v) is 12.6. The Morgan fingerprint density at radius 2 is 1.82 bits per heavy atom. The monoisotopic (exact) mass is 564 g/mol. The summed E-state index contributed by atoms with van der Waals surface area (Å²) in [4.78, 5) is 2.84. The number of aromatic nitrogens is 1. The predicted octanol–water partition coefficient (Wildman–Crippen LogP) is 4.59. The zero-order chi connectivity index (χ0) is 28.1. The van der Waals surface area contributed by atoms with Gasteiger partial charge in [-0.25, -0.2) is 8.42 Å². The van der Waals surface area contributed by atoms with Crippen molar-refractivity contribution in [3.63, 3.8) is 0 Å².